The largest absolute Gasteiger partial charge is 0.353 e. The van der Waals surface area contributed by atoms with Gasteiger partial charge in [0.25, 0.3) is 5.56 Å². The lowest BCUT2D eigenvalue weighted by atomic mass is 10.2. The number of benzene rings is 1. The van der Waals surface area contributed by atoms with Crippen LogP contribution >= 0.6 is 11.8 Å². The summed E-state index contributed by atoms with van der Waals surface area (Å²) in [6, 6.07) is 8.31. The molecule has 1 aromatic carbocycles. The highest BCUT2D eigenvalue weighted by Gasteiger charge is 2.17. The number of carbonyl (C=O) groups excluding carboxylic acids is 1. The molecule has 0 aliphatic rings. The maximum atomic E-state index is 13.2. The number of aromatic nitrogens is 2. The van der Waals surface area contributed by atoms with Crippen molar-refractivity contribution in [1.82, 2.24) is 19.8 Å². The lowest BCUT2D eigenvalue weighted by Gasteiger charge is -2.30. The molecule has 0 saturated heterocycles. The van der Waals surface area contributed by atoms with Gasteiger partial charge >= 0.3 is 0 Å². The molecule has 1 atom stereocenters. The molecule has 1 heterocycles. The first kappa shape index (κ1) is 23.4. The fraction of sp³-hybridized carbons (Fsp3) is 0.591. The van der Waals surface area contributed by atoms with Crippen LogP contribution in [0.4, 0.5) is 0 Å². The molecular formula is C22H34N4O2S. The number of fused-ring (bicyclic) bond motifs is 1. The summed E-state index contributed by atoms with van der Waals surface area (Å²) in [5.74, 6) is 0.206. The lowest BCUT2D eigenvalue weighted by molar-refractivity contribution is -0.119. The summed E-state index contributed by atoms with van der Waals surface area (Å²) in [4.78, 5) is 32.5. The zero-order valence-electron chi connectivity index (χ0n) is 18.4. The van der Waals surface area contributed by atoms with Crippen LogP contribution in [0.25, 0.3) is 10.9 Å². The van der Waals surface area contributed by atoms with Crippen molar-refractivity contribution in [3.8, 4) is 0 Å². The number of nitrogens with zero attached hydrogens (tertiary/aromatic N) is 3. The molecule has 0 aliphatic heterocycles. The van der Waals surface area contributed by atoms with Gasteiger partial charge in [-0.05, 0) is 53.2 Å². The third-order valence-electron chi connectivity index (χ3n) is 5.09. The summed E-state index contributed by atoms with van der Waals surface area (Å²) in [5, 5.41) is 4.18. The second-order valence-corrected chi connectivity index (χ2v) is 8.90. The van der Waals surface area contributed by atoms with Gasteiger partial charge in [0.2, 0.25) is 5.91 Å². The molecule has 1 amide bonds. The molecule has 7 heteroatoms. The highest BCUT2D eigenvalue weighted by Crippen LogP contribution is 2.18. The molecule has 160 valence electrons. The minimum Gasteiger partial charge on any atom is -0.353 e. The molecule has 1 N–H and O–H groups in total. The topological polar surface area (TPSA) is 67.2 Å². The maximum Gasteiger partial charge on any atom is 0.262 e. The smallest absolute Gasteiger partial charge is 0.262 e. The molecule has 6 nitrogen and oxygen atoms in total. The third-order valence-corrected chi connectivity index (χ3v) is 6.06. The maximum absolute atomic E-state index is 13.2. The van der Waals surface area contributed by atoms with Gasteiger partial charge in [-0.2, -0.15) is 0 Å². The molecule has 0 bridgehead atoms. The number of hydrogen-bond acceptors (Lipinski definition) is 5. The number of hydrogen-bond donors (Lipinski definition) is 1. The summed E-state index contributed by atoms with van der Waals surface area (Å²) in [6.45, 7) is 14.0. The number of rotatable bonds is 10. The van der Waals surface area contributed by atoms with Crippen molar-refractivity contribution in [3.63, 3.8) is 0 Å². The highest BCUT2D eigenvalue weighted by atomic mass is 32.2. The van der Waals surface area contributed by atoms with E-state index in [0.29, 0.717) is 34.7 Å². The first-order valence-electron chi connectivity index (χ1n) is 10.4. The Labute approximate surface area is 178 Å². The number of thioether (sulfide) groups is 1. The minimum absolute atomic E-state index is 0.0377. The molecule has 0 aliphatic carbocycles. The Bertz CT molecular complexity index is 871. The lowest BCUT2D eigenvalue weighted by Crippen LogP contribution is -2.40. The van der Waals surface area contributed by atoms with E-state index in [1.807, 2.05) is 38.1 Å². The summed E-state index contributed by atoms with van der Waals surface area (Å²) >= 11 is 1.33. The second-order valence-electron chi connectivity index (χ2n) is 7.96. The Balaban J connectivity index is 2.30. The van der Waals surface area contributed by atoms with Crippen LogP contribution in [-0.2, 0) is 11.3 Å². The summed E-state index contributed by atoms with van der Waals surface area (Å²) in [5.41, 5.74) is 0.621. The van der Waals surface area contributed by atoms with Crippen molar-refractivity contribution in [2.75, 3.05) is 12.3 Å². The van der Waals surface area contributed by atoms with E-state index in [4.69, 9.17) is 4.98 Å². The monoisotopic (exact) mass is 418 g/mol. The van der Waals surface area contributed by atoms with Crippen LogP contribution in [0, 0.1) is 0 Å². The standard InChI is InChI=1S/C22H34N4O2S/c1-7-17(6)23-20(27)14-29-22-24-19-11-9-8-10-18(19)21(28)26(22)13-12-25(15(2)3)16(4)5/h8-11,15-17H,7,12-14H2,1-6H3,(H,23,27). The first-order valence-corrected chi connectivity index (χ1v) is 11.4. The van der Waals surface area contributed by atoms with Crippen LogP contribution in [0.2, 0.25) is 0 Å². The van der Waals surface area contributed by atoms with E-state index in [1.54, 1.807) is 4.57 Å². The van der Waals surface area contributed by atoms with E-state index in [0.717, 1.165) is 13.0 Å². The fourth-order valence-electron chi connectivity index (χ4n) is 3.33. The van der Waals surface area contributed by atoms with Crippen molar-refractivity contribution in [3.05, 3.63) is 34.6 Å². The van der Waals surface area contributed by atoms with Crippen LogP contribution < -0.4 is 10.9 Å². The van der Waals surface area contributed by atoms with E-state index >= 15 is 0 Å². The third kappa shape index (κ3) is 6.31. The first-order chi connectivity index (χ1) is 13.7. The SMILES string of the molecule is CCC(C)NC(=O)CSc1nc2ccccc2c(=O)n1CCN(C(C)C)C(C)C. The quantitative estimate of drug-likeness (QED) is 0.472. The van der Waals surface area contributed by atoms with E-state index in [9.17, 15) is 9.59 Å². The van der Waals surface area contributed by atoms with E-state index in [2.05, 4.69) is 37.9 Å². The van der Waals surface area contributed by atoms with E-state index in [1.165, 1.54) is 11.8 Å². The van der Waals surface area contributed by atoms with E-state index < -0.39 is 0 Å². The van der Waals surface area contributed by atoms with Crippen molar-refractivity contribution in [1.29, 1.82) is 0 Å². The average molecular weight is 419 g/mol. The van der Waals surface area contributed by atoms with Gasteiger partial charge in [-0.25, -0.2) is 4.98 Å². The number of para-hydroxylation sites is 1. The molecule has 1 aromatic heterocycles. The Morgan fingerprint density at radius 1 is 1.17 bits per heavy atom. The molecule has 0 radical (unpaired) electrons. The van der Waals surface area contributed by atoms with Gasteiger partial charge in [0.1, 0.15) is 0 Å². The van der Waals surface area contributed by atoms with Crippen molar-refractivity contribution >= 4 is 28.6 Å². The van der Waals surface area contributed by atoms with E-state index in [-0.39, 0.29) is 23.3 Å². The Morgan fingerprint density at radius 2 is 1.83 bits per heavy atom. The van der Waals surface area contributed by atoms with Gasteiger partial charge < -0.3 is 5.32 Å². The summed E-state index contributed by atoms with van der Waals surface area (Å²) < 4.78 is 1.72. The van der Waals surface area contributed by atoms with Gasteiger partial charge in [-0.3, -0.25) is 19.1 Å². The highest BCUT2D eigenvalue weighted by molar-refractivity contribution is 7.99. The van der Waals surface area contributed by atoms with Gasteiger partial charge in [-0.15, -0.1) is 0 Å². The second kappa shape index (κ2) is 10.8. The molecule has 29 heavy (non-hydrogen) atoms. The minimum atomic E-state index is -0.0482. The predicted molar refractivity (Wildman–Crippen MR) is 122 cm³/mol. The van der Waals surface area contributed by atoms with Crippen LogP contribution in [0.5, 0.6) is 0 Å². The van der Waals surface area contributed by atoms with Gasteiger partial charge in [0.05, 0.1) is 16.7 Å². The van der Waals surface area contributed by atoms with Crippen LogP contribution in [0.15, 0.2) is 34.2 Å². The number of amides is 1. The Hall–Kier alpha value is -1.86. The molecule has 0 spiro atoms. The number of nitrogens with one attached hydrogen (secondary N) is 1. The zero-order valence-corrected chi connectivity index (χ0v) is 19.3. The molecule has 1 unspecified atom stereocenters. The Kier molecular flexibility index (Phi) is 8.71. The van der Waals surface area contributed by atoms with Crippen molar-refractivity contribution < 1.29 is 4.79 Å². The zero-order chi connectivity index (χ0) is 21.6. The van der Waals surface area contributed by atoms with Crippen LogP contribution in [-0.4, -0.2) is 50.8 Å². The average Bonchev–Trinajstić information content (AvgIpc) is 2.67. The normalized spacial score (nSPS) is 12.9. The molecule has 2 rings (SSSR count). The van der Waals surface area contributed by atoms with Gasteiger partial charge in [0, 0.05) is 31.2 Å². The van der Waals surface area contributed by atoms with Crippen LogP contribution in [0.1, 0.15) is 48.0 Å². The van der Waals surface area contributed by atoms with Gasteiger partial charge in [-0.1, -0.05) is 30.8 Å². The van der Waals surface area contributed by atoms with Crippen molar-refractivity contribution in [2.45, 2.75) is 77.8 Å². The Morgan fingerprint density at radius 3 is 2.45 bits per heavy atom. The van der Waals surface area contributed by atoms with Crippen LogP contribution in [0.3, 0.4) is 0 Å². The van der Waals surface area contributed by atoms with Crippen molar-refractivity contribution in [2.24, 2.45) is 0 Å². The molecule has 0 saturated carbocycles. The fourth-order valence-corrected chi connectivity index (χ4v) is 4.17. The molecule has 2 aromatic rings. The molecule has 0 fully saturated rings. The number of carbonyl (C=O) groups is 1. The van der Waals surface area contributed by atoms with Gasteiger partial charge in [0.15, 0.2) is 5.16 Å². The summed E-state index contributed by atoms with van der Waals surface area (Å²) in [7, 11) is 0. The molecular weight excluding hydrogens is 384 g/mol. The summed E-state index contributed by atoms with van der Waals surface area (Å²) in [6.07, 6.45) is 0.885. The predicted octanol–water partition coefficient (Wildman–Crippen LogP) is 3.52.